The molecule has 128 valence electrons. The van der Waals surface area contributed by atoms with Crippen molar-refractivity contribution < 1.29 is 18.0 Å². The summed E-state index contributed by atoms with van der Waals surface area (Å²) in [6.45, 7) is 3.65. The van der Waals surface area contributed by atoms with Crippen molar-refractivity contribution in [2.75, 3.05) is 26.7 Å². The number of nitrogens with zero attached hydrogens (tertiary/aromatic N) is 2. The Balaban J connectivity index is 2.22. The first-order chi connectivity index (χ1) is 10.4. The molecule has 0 saturated carbocycles. The lowest BCUT2D eigenvalue weighted by atomic mass is 10.2. The van der Waals surface area contributed by atoms with Gasteiger partial charge in [-0.3, -0.25) is 9.79 Å². The predicted molar refractivity (Wildman–Crippen MR) is 79.7 cm³/mol. The van der Waals surface area contributed by atoms with Gasteiger partial charge in [0.2, 0.25) is 5.91 Å². The topological polar surface area (TPSA) is 56.7 Å². The molecule has 0 aromatic carbocycles. The van der Waals surface area contributed by atoms with Crippen LogP contribution in [0.2, 0.25) is 0 Å². The molecule has 1 saturated heterocycles. The van der Waals surface area contributed by atoms with Gasteiger partial charge in [-0.15, -0.1) is 0 Å². The summed E-state index contributed by atoms with van der Waals surface area (Å²) < 4.78 is 36.1. The van der Waals surface area contributed by atoms with Crippen molar-refractivity contribution in [1.29, 1.82) is 0 Å². The van der Waals surface area contributed by atoms with Crippen LogP contribution >= 0.6 is 0 Å². The zero-order chi connectivity index (χ0) is 16.6. The number of unbranched alkanes of at least 4 members (excludes halogenated alkanes) is 1. The minimum absolute atomic E-state index is 0.107. The molecule has 1 aliphatic rings. The Morgan fingerprint density at radius 2 is 2.09 bits per heavy atom. The molecule has 0 spiro atoms. The number of aliphatic imine (C=N–C) groups is 1. The quantitative estimate of drug-likeness (QED) is 0.446. The maximum atomic E-state index is 12.0. The van der Waals surface area contributed by atoms with E-state index in [4.69, 9.17) is 0 Å². The van der Waals surface area contributed by atoms with Crippen LogP contribution in [0.5, 0.6) is 0 Å². The minimum Gasteiger partial charge on any atom is -0.356 e. The number of carbonyl (C=O) groups excluding carboxylic acids is 1. The number of hydrogen-bond acceptors (Lipinski definition) is 2. The number of likely N-dealkylation sites (tertiary alicyclic amines) is 1. The molecule has 1 atom stereocenters. The lowest BCUT2D eigenvalue weighted by Crippen LogP contribution is -2.45. The zero-order valence-corrected chi connectivity index (χ0v) is 13.2. The van der Waals surface area contributed by atoms with E-state index in [-0.39, 0.29) is 18.4 Å². The second kappa shape index (κ2) is 8.85. The standard InChI is InChI=1S/C14H25F3N4O/c1-3-12(22)21-9-6-11(10-21)20-13(18-2)19-8-5-4-7-14(15,16)17/h11H,3-10H2,1-2H3,(H2,18,19,20). The Kier molecular flexibility index (Phi) is 7.47. The molecule has 22 heavy (non-hydrogen) atoms. The number of rotatable bonds is 6. The highest BCUT2D eigenvalue weighted by atomic mass is 19.4. The molecule has 1 rings (SSSR count). The SMILES string of the molecule is CCC(=O)N1CCC(NC(=NC)NCCCCC(F)(F)F)C1. The molecule has 0 aromatic heterocycles. The van der Waals surface area contributed by atoms with Crippen LogP contribution in [0.4, 0.5) is 13.2 Å². The first kappa shape index (κ1) is 18.6. The van der Waals surface area contributed by atoms with Crippen molar-refractivity contribution in [3.63, 3.8) is 0 Å². The Bertz CT molecular complexity index is 385. The van der Waals surface area contributed by atoms with Crippen LogP contribution in [-0.4, -0.2) is 55.7 Å². The third kappa shape index (κ3) is 7.00. The summed E-state index contributed by atoms with van der Waals surface area (Å²) in [7, 11) is 1.62. The van der Waals surface area contributed by atoms with E-state index in [2.05, 4.69) is 15.6 Å². The molecule has 5 nitrogen and oxygen atoms in total. The van der Waals surface area contributed by atoms with E-state index in [1.807, 2.05) is 11.8 Å². The fourth-order valence-electron chi connectivity index (χ4n) is 2.37. The molecule has 0 aliphatic carbocycles. The van der Waals surface area contributed by atoms with E-state index in [0.717, 1.165) is 13.0 Å². The van der Waals surface area contributed by atoms with Crippen molar-refractivity contribution in [2.24, 2.45) is 4.99 Å². The van der Waals surface area contributed by atoms with E-state index in [0.29, 0.717) is 31.9 Å². The number of alkyl halides is 3. The van der Waals surface area contributed by atoms with Gasteiger partial charge >= 0.3 is 6.18 Å². The summed E-state index contributed by atoms with van der Waals surface area (Å²) in [6, 6.07) is 0.136. The summed E-state index contributed by atoms with van der Waals surface area (Å²) in [6.07, 6.45) is -2.95. The molecular weight excluding hydrogens is 297 g/mol. The highest BCUT2D eigenvalue weighted by Gasteiger charge is 2.26. The molecule has 2 N–H and O–H groups in total. The van der Waals surface area contributed by atoms with Crippen molar-refractivity contribution in [2.45, 2.75) is 51.2 Å². The molecule has 0 aromatic rings. The molecule has 1 aliphatic heterocycles. The van der Waals surface area contributed by atoms with Gasteiger partial charge in [0.15, 0.2) is 5.96 Å². The van der Waals surface area contributed by atoms with E-state index in [1.165, 1.54) is 0 Å². The number of hydrogen-bond donors (Lipinski definition) is 2. The predicted octanol–water partition coefficient (Wildman–Crippen LogP) is 1.89. The molecule has 8 heteroatoms. The fourth-order valence-corrected chi connectivity index (χ4v) is 2.37. The summed E-state index contributed by atoms with van der Waals surface area (Å²) >= 11 is 0. The second-order valence-corrected chi connectivity index (χ2v) is 5.39. The van der Waals surface area contributed by atoms with E-state index >= 15 is 0 Å². The van der Waals surface area contributed by atoms with Crippen LogP contribution in [0, 0.1) is 0 Å². The van der Waals surface area contributed by atoms with Crippen molar-refractivity contribution in [3.8, 4) is 0 Å². The average molecular weight is 322 g/mol. The fraction of sp³-hybridized carbons (Fsp3) is 0.857. The molecule has 1 unspecified atom stereocenters. The van der Waals surface area contributed by atoms with Gasteiger partial charge in [0.1, 0.15) is 0 Å². The third-order valence-electron chi connectivity index (χ3n) is 3.59. The first-order valence-electron chi connectivity index (χ1n) is 7.67. The molecule has 1 heterocycles. The second-order valence-electron chi connectivity index (χ2n) is 5.39. The van der Waals surface area contributed by atoms with Crippen LogP contribution in [0.3, 0.4) is 0 Å². The van der Waals surface area contributed by atoms with Gasteiger partial charge in [-0.25, -0.2) is 0 Å². The number of carbonyl (C=O) groups is 1. The third-order valence-corrected chi connectivity index (χ3v) is 3.59. The first-order valence-corrected chi connectivity index (χ1v) is 7.67. The lowest BCUT2D eigenvalue weighted by Gasteiger charge is -2.18. The monoisotopic (exact) mass is 322 g/mol. The molecule has 1 fully saturated rings. The molecule has 1 amide bonds. The van der Waals surface area contributed by atoms with Gasteiger partial charge in [0.05, 0.1) is 0 Å². The Morgan fingerprint density at radius 3 is 2.68 bits per heavy atom. The maximum absolute atomic E-state index is 12.0. The Morgan fingerprint density at radius 1 is 1.36 bits per heavy atom. The van der Waals surface area contributed by atoms with Crippen molar-refractivity contribution >= 4 is 11.9 Å². The van der Waals surface area contributed by atoms with E-state index in [9.17, 15) is 18.0 Å². The number of nitrogens with one attached hydrogen (secondary N) is 2. The van der Waals surface area contributed by atoms with Crippen LogP contribution < -0.4 is 10.6 Å². The smallest absolute Gasteiger partial charge is 0.356 e. The van der Waals surface area contributed by atoms with Crippen LogP contribution in [-0.2, 0) is 4.79 Å². The molecule has 0 radical (unpaired) electrons. The summed E-state index contributed by atoms with van der Waals surface area (Å²) in [5.74, 6) is 0.710. The summed E-state index contributed by atoms with van der Waals surface area (Å²) in [5, 5.41) is 6.21. The van der Waals surface area contributed by atoms with E-state index in [1.54, 1.807) is 7.05 Å². The van der Waals surface area contributed by atoms with Gasteiger partial charge in [-0.1, -0.05) is 6.92 Å². The van der Waals surface area contributed by atoms with E-state index < -0.39 is 12.6 Å². The van der Waals surface area contributed by atoms with Gasteiger partial charge < -0.3 is 15.5 Å². The Hall–Kier alpha value is -1.47. The average Bonchev–Trinajstić information content (AvgIpc) is 2.92. The minimum atomic E-state index is -4.08. The lowest BCUT2D eigenvalue weighted by molar-refractivity contribution is -0.135. The van der Waals surface area contributed by atoms with Crippen LogP contribution in [0.25, 0.3) is 0 Å². The Labute approximate surface area is 129 Å². The summed E-state index contributed by atoms with van der Waals surface area (Å²) in [4.78, 5) is 17.5. The highest BCUT2D eigenvalue weighted by molar-refractivity contribution is 5.80. The largest absolute Gasteiger partial charge is 0.389 e. The highest BCUT2D eigenvalue weighted by Crippen LogP contribution is 2.21. The van der Waals surface area contributed by atoms with Gasteiger partial charge in [0.25, 0.3) is 0 Å². The van der Waals surface area contributed by atoms with Crippen molar-refractivity contribution in [3.05, 3.63) is 0 Å². The maximum Gasteiger partial charge on any atom is 0.389 e. The van der Waals surface area contributed by atoms with Gasteiger partial charge in [0, 0.05) is 45.6 Å². The summed E-state index contributed by atoms with van der Waals surface area (Å²) in [5.41, 5.74) is 0. The number of amides is 1. The van der Waals surface area contributed by atoms with Gasteiger partial charge in [-0.05, 0) is 19.3 Å². The number of halogens is 3. The normalized spacial score (nSPS) is 19.4. The molecule has 0 bridgehead atoms. The van der Waals surface area contributed by atoms with Crippen molar-refractivity contribution in [1.82, 2.24) is 15.5 Å². The van der Waals surface area contributed by atoms with Crippen LogP contribution in [0.1, 0.15) is 39.0 Å². The zero-order valence-electron chi connectivity index (χ0n) is 13.2. The number of guanidine groups is 1. The van der Waals surface area contributed by atoms with Crippen LogP contribution in [0.15, 0.2) is 4.99 Å². The molecular formula is C14H25F3N4O. The van der Waals surface area contributed by atoms with Gasteiger partial charge in [-0.2, -0.15) is 13.2 Å².